The first-order valence-electron chi connectivity index (χ1n) is 7.93. The van der Waals surface area contributed by atoms with E-state index in [1.54, 1.807) is 0 Å². The number of carboxylic acids is 1. The van der Waals surface area contributed by atoms with E-state index in [4.69, 9.17) is 0 Å². The van der Waals surface area contributed by atoms with Crippen LogP contribution in [0.15, 0.2) is 24.3 Å². The van der Waals surface area contributed by atoms with Crippen LogP contribution in [0.4, 0.5) is 0 Å². The van der Waals surface area contributed by atoms with Crippen LogP contribution in [0.5, 0.6) is 0 Å². The lowest BCUT2D eigenvalue weighted by Gasteiger charge is -2.41. The summed E-state index contributed by atoms with van der Waals surface area (Å²) in [4.78, 5) is 13.9. The third-order valence-corrected chi connectivity index (χ3v) is 4.92. The number of aliphatic hydroxyl groups is 1. The molecule has 0 radical (unpaired) electrons. The number of nitrogens with zero attached hydrogens (tertiary/aromatic N) is 1. The van der Waals surface area contributed by atoms with Gasteiger partial charge in [-0.15, -0.1) is 0 Å². The molecular formula is C17H23NO3. The molecule has 2 N–H and O–H groups in total. The zero-order chi connectivity index (χ0) is 14.8. The topological polar surface area (TPSA) is 60.8 Å². The number of carbonyl (C=O) groups is 1. The molecule has 21 heavy (non-hydrogen) atoms. The number of hydrogen-bond acceptors (Lipinski definition) is 3. The third-order valence-electron chi connectivity index (χ3n) is 4.92. The van der Waals surface area contributed by atoms with E-state index in [0.717, 1.165) is 56.2 Å². The molecule has 1 heterocycles. The molecule has 1 saturated carbocycles. The molecule has 1 aliphatic carbocycles. The van der Waals surface area contributed by atoms with E-state index in [-0.39, 0.29) is 6.04 Å². The molecule has 2 aliphatic rings. The average molecular weight is 289 g/mol. The van der Waals surface area contributed by atoms with Gasteiger partial charge in [0.15, 0.2) is 0 Å². The number of benzene rings is 1. The highest BCUT2D eigenvalue weighted by atomic mass is 16.4. The molecule has 4 heteroatoms. The normalized spacial score (nSPS) is 30.4. The van der Waals surface area contributed by atoms with E-state index < -0.39 is 18.1 Å². The SMILES string of the molecule is O=C(O)C1c2ccccc2CCN1C1CCCCCC1O. The van der Waals surface area contributed by atoms with Gasteiger partial charge in [-0.2, -0.15) is 0 Å². The Kier molecular flexibility index (Phi) is 4.27. The summed E-state index contributed by atoms with van der Waals surface area (Å²) in [5.41, 5.74) is 2.02. The van der Waals surface area contributed by atoms with Crippen LogP contribution in [0.2, 0.25) is 0 Å². The van der Waals surface area contributed by atoms with Crippen LogP contribution in [0, 0.1) is 0 Å². The highest BCUT2D eigenvalue weighted by molar-refractivity contribution is 5.76. The molecule has 114 valence electrons. The molecule has 0 bridgehead atoms. The molecule has 0 amide bonds. The van der Waals surface area contributed by atoms with E-state index >= 15 is 0 Å². The molecular weight excluding hydrogens is 266 g/mol. The summed E-state index contributed by atoms with van der Waals surface area (Å²) in [6.45, 7) is 0.718. The summed E-state index contributed by atoms with van der Waals surface area (Å²) in [5, 5.41) is 20.1. The van der Waals surface area contributed by atoms with Gasteiger partial charge < -0.3 is 10.2 Å². The van der Waals surface area contributed by atoms with Crippen molar-refractivity contribution < 1.29 is 15.0 Å². The second-order valence-electron chi connectivity index (χ2n) is 6.20. The minimum absolute atomic E-state index is 0.0260. The lowest BCUT2D eigenvalue weighted by Crippen LogP contribution is -2.50. The minimum atomic E-state index is -0.807. The molecule has 0 saturated heterocycles. The van der Waals surface area contributed by atoms with E-state index in [1.807, 2.05) is 29.2 Å². The van der Waals surface area contributed by atoms with Gasteiger partial charge in [-0.1, -0.05) is 43.5 Å². The standard InChI is InChI=1S/C17H23NO3/c19-15-9-3-1-2-8-14(15)18-11-10-12-6-4-5-7-13(12)16(18)17(20)21/h4-7,14-16,19H,1-3,8-11H2,(H,20,21). The largest absolute Gasteiger partial charge is 0.480 e. The van der Waals surface area contributed by atoms with Crippen LogP contribution < -0.4 is 0 Å². The van der Waals surface area contributed by atoms with Crippen molar-refractivity contribution in [3.8, 4) is 0 Å². The lowest BCUT2D eigenvalue weighted by atomic mass is 9.89. The van der Waals surface area contributed by atoms with Gasteiger partial charge in [0.25, 0.3) is 0 Å². The van der Waals surface area contributed by atoms with E-state index in [9.17, 15) is 15.0 Å². The minimum Gasteiger partial charge on any atom is -0.480 e. The molecule has 3 atom stereocenters. The molecule has 1 aromatic carbocycles. The van der Waals surface area contributed by atoms with Crippen LogP contribution in [-0.2, 0) is 11.2 Å². The predicted molar refractivity (Wildman–Crippen MR) is 80.1 cm³/mol. The zero-order valence-electron chi connectivity index (χ0n) is 12.2. The van der Waals surface area contributed by atoms with Gasteiger partial charge in [-0.05, 0) is 30.4 Å². The van der Waals surface area contributed by atoms with Crippen LogP contribution in [0.1, 0.15) is 49.3 Å². The number of aliphatic hydroxyl groups excluding tert-OH is 1. The molecule has 4 nitrogen and oxygen atoms in total. The Morgan fingerprint density at radius 2 is 1.90 bits per heavy atom. The zero-order valence-corrected chi connectivity index (χ0v) is 12.2. The molecule has 0 spiro atoms. The molecule has 1 aliphatic heterocycles. The van der Waals surface area contributed by atoms with Crippen LogP contribution in [-0.4, -0.2) is 39.8 Å². The summed E-state index contributed by atoms with van der Waals surface area (Å²) in [5.74, 6) is -0.807. The summed E-state index contributed by atoms with van der Waals surface area (Å²) in [6.07, 6.45) is 5.40. The lowest BCUT2D eigenvalue weighted by molar-refractivity contribution is -0.146. The molecule has 3 unspecified atom stereocenters. The maximum absolute atomic E-state index is 11.8. The van der Waals surface area contributed by atoms with Crippen molar-refractivity contribution in [1.82, 2.24) is 4.90 Å². The summed E-state index contributed by atoms with van der Waals surface area (Å²) < 4.78 is 0. The van der Waals surface area contributed by atoms with Gasteiger partial charge in [0.1, 0.15) is 6.04 Å². The van der Waals surface area contributed by atoms with Gasteiger partial charge in [-0.3, -0.25) is 9.69 Å². The first kappa shape index (κ1) is 14.5. The van der Waals surface area contributed by atoms with Crippen molar-refractivity contribution in [3.63, 3.8) is 0 Å². The quantitative estimate of drug-likeness (QED) is 0.821. The molecule has 1 fully saturated rings. The Hall–Kier alpha value is -1.39. The van der Waals surface area contributed by atoms with Crippen molar-refractivity contribution in [1.29, 1.82) is 0 Å². The van der Waals surface area contributed by atoms with Crippen molar-refractivity contribution >= 4 is 5.97 Å². The third kappa shape index (κ3) is 2.83. The van der Waals surface area contributed by atoms with Gasteiger partial charge in [0.05, 0.1) is 6.10 Å². The molecule has 3 rings (SSSR count). The Labute approximate surface area is 125 Å². The smallest absolute Gasteiger partial charge is 0.325 e. The second-order valence-corrected chi connectivity index (χ2v) is 6.20. The molecule has 0 aromatic heterocycles. The van der Waals surface area contributed by atoms with Crippen molar-refractivity contribution in [3.05, 3.63) is 35.4 Å². The summed E-state index contributed by atoms with van der Waals surface area (Å²) in [7, 11) is 0. The Bertz CT molecular complexity index is 517. The fourth-order valence-electron chi connectivity index (χ4n) is 3.87. The fraction of sp³-hybridized carbons (Fsp3) is 0.588. The number of carboxylic acid groups (broad SMARTS) is 1. The average Bonchev–Trinajstić information content (AvgIpc) is 2.70. The monoisotopic (exact) mass is 289 g/mol. The molecule has 1 aromatic rings. The number of hydrogen-bond donors (Lipinski definition) is 2. The number of aliphatic carboxylic acids is 1. The first-order chi connectivity index (χ1) is 10.2. The van der Waals surface area contributed by atoms with Gasteiger partial charge in [0, 0.05) is 12.6 Å². The Morgan fingerprint density at radius 3 is 2.71 bits per heavy atom. The van der Waals surface area contributed by atoms with Crippen LogP contribution in [0.25, 0.3) is 0 Å². The number of fused-ring (bicyclic) bond motifs is 1. The van der Waals surface area contributed by atoms with Crippen molar-refractivity contribution in [2.75, 3.05) is 6.54 Å². The predicted octanol–water partition coefficient (Wildman–Crippen LogP) is 2.36. The maximum Gasteiger partial charge on any atom is 0.325 e. The van der Waals surface area contributed by atoms with Crippen LogP contribution in [0.3, 0.4) is 0 Å². The van der Waals surface area contributed by atoms with E-state index in [0.29, 0.717) is 0 Å². The van der Waals surface area contributed by atoms with Crippen molar-refractivity contribution in [2.24, 2.45) is 0 Å². The number of rotatable bonds is 2. The maximum atomic E-state index is 11.8. The second kappa shape index (κ2) is 6.16. The van der Waals surface area contributed by atoms with E-state index in [1.165, 1.54) is 0 Å². The van der Waals surface area contributed by atoms with Gasteiger partial charge >= 0.3 is 5.97 Å². The Morgan fingerprint density at radius 1 is 1.14 bits per heavy atom. The highest BCUT2D eigenvalue weighted by Crippen LogP contribution is 2.35. The van der Waals surface area contributed by atoms with Gasteiger partial charge in [-0.25, -0.2) is 0 Å². The Balaban J connectivity index is 1.93. The van der Waals surface area contributed by atoms with Crippen molar-refractivity contribution in [2.45, 2.75) is 56.7 Å². The first-order valence-corrected chi connectivity index (χ1v) is 7.93. The fourth-order valence-corrected chi connectivity index (χ4v) is 3.87. The summed E-state index contributed by atoms with van der Waals surface area (Å²) >= 11 is 0. The summed E-state index contributed by atoms with van der Waals surface area (Å²) in [6, 6.07) is 7.17. The highest BCUT2D eigenvalue weighted by Gasteiger charge is 2.39. The van der Waals surface area contributed by atoms with Crippen LogP contribution >= 0.6 is 0 Å². The van der Waals surface area contributed by atoms with Gasteiger partial charge in [0.2, 0.25) is 0 Å². The van der Waals surface area contributed by atoms with E-state index in [2.05, 4.69) is 0 Å².